The highest BCUT2D eigenvalue weighted by Crippen LogP contribution is 2.31. The second kappa shape index (κ2) is 6.54. The van der Waals surface area contributed by atoms with E-state index in [1.165, 1.54) is 23.5 Å². The summed E-state index contributed by atoms with van der Waals surface area (Å²) in [4.78, 5) is 14.3. The van der Waals surface area contributed by atoms with Gasteiger partial charge in [0.2, 0.25) is 0 Å². The van der Waals surface area contributed by atoms with E-state index in [2.05, 4.69) is 38.3 Å². The van der Waals surface area contributed by atoms with Crippen LogP contribution in [0.25, 0.3) is 10.4 Å². The monoisotopic (exact) mass is 360 g/mol. The number of carbonyl (C=O) groups is 1. The molecule has 134 valence electrons. The van der Waals surface area contributed by atoms with Crippen molar-refractivity contribution in [3.05, 3.63) is 47.1 Å². The Morgan fingerprint density at radius 1 is 1.08 bits per heavy atom. The Bertz CT molecular complexity index is 748. The van der Waals surface area contributed by atoms with Crippen molar-refractivity contribution >= 4 is 17.2 Å². The van der Waals surface area contributed by atoms with Gasteiger partial charge in [-0.05, 0) is 70.4 Å². The molecule has 1 amide bonds. The summed E-state index contributed by atoms with van der Waals surface area (Å²) in [6.07, 6.45) is 1.80. The number of halogens is 1. The highest BCUT2D eigenvalue weighted by atomic mass is 32.1. The minimum atomic E-state index is -0.255. The van der Waals surface area contributed by atoms with Crippen LogP contribution in [0.2, 0.25) is 0 Å². The molecule has 2 heterocycles. The molecule has 0 spiro atoms. The van der Waals surface area contributed by atoms with Gasteiger partial charge in [0.05, 0.1) is 4.88 Å². The van der Waals surface area contributed by atoms with Crippen LogP contribution in [-0.4, -0.2) is 23.0 Å². The molecular weight excluding hydrogens is 335 g/mol. The fourth-order valence-corrected chi connectivity index (χ4v) is 4.82. The maximum absolute atomic E-state index is 13.1. The first-order valence-electron chi connectivity index (χ1n) is 8.60. The maximum atomic E-state index is 13.1. The van der Waals surface area contributed by atoms with Gasteiger partial charge in [-0.25, -0.2) is 4.39 Å². The number of hydrogen-bond donors (Lipinski definition) is 2. The lowest BCUT2D eigenvalue weighted by molar-refractivity contribution is 0.0877. The quantitative estimate of drug-likeness (QED) is 0.840. The first kappa shape index (κ1) is 18.1. The standard InChI is InChI=1S/C20H25FN2OS/c1-19(2)11-15(12-20(3,4)23-19)22-18(24)17-10-9-16(25-17)13-5-7-14(21)8-6-13/h5-10,15,23H,11-12H2,1-4H3,(H,22,24). The van der Waals surface area contributed by atoms with Crippen molar-refractivity contribution in [2.45, 2.75) is 57.7 Å². The van der Waals surface area contributed by atoms with Gasteiger partial charge in [-0.3, -0.25) is 4.79 Å². The van der Waals surface area contributed by atoms with E-state index in [9.17, 15) is 9.18 Å². The fourth-order valence-electron chi connectivity index (χ4n) is 3.91. The van der Waals surface area contributed by atoms with E-state index in [1.807, 2.05) is 12.1 Å². The van der Waals surface area contributed by atoms with Crippen LogP contribution in [0.3, 0.4) is 0 Å². The molecule has 1 aromatic carbocycles. The third-order valence-corrected chi connectivity index (χ3v) is 5.62. The summed E-state index contributed by atoms with van der Waals surface area (Å²) < 4.78 is 13.1. The normalized spacial score (nSPS) is 19.6. The number of hydrogen-bond acceptors (Lipinski definition) is 3. The van der Waals surface area contributed by atoms with E-state index >= 15 is 0 Å². The average molecular weight is 360 g/mol. The summed E-state index contributed by atoms with van der Waals surface area (Å²) in [5.74, 6) is -0.286. The molecule has 0 atom stereocenters. The minimum absolute atomic E-state index is 0.00554. The first-order chi connectivity index (χ1) is 11.6. The Hall–Kier alpha value is -1.72. The number of carbonyl (C=O) groups excluding carboxylic acids is 1. The molecule has 0 radical (unpaired) electrons. The van der Waals surface area contributed by atoms with Crippen LogP contribution in [0.1, 0.15) is 50.2 Å². The lowest BCUT2D eigenvalue weighted by Gasteiger charge is -2.46. The van der Waals surface area contributed by atoms with Crippen molar-refractivity contribution in [3.63, 3.8) is 0 Å². The Labute approximate surface area is 152 Å². The molecule has 2 aromatic rings. The van der Waals surface area contributed by atoms with Crippen molar-refractivity contribution in [2.75, 3.05) is 0 Å². The molecule has 0 bridgehead atoms. The van der Waals surface area contributed by atoms with Gasteiger partial charge >= 0.3 is 0 Å². The lowest BCUT2D eigenvalue weighted by Crippen LogP contribution is -2.62. The zero-order valence-corrected chi connectivity index (χ0v) is 16.0. The van der Waals surface area contributed by atoms with Crippen LogP contribution >= 0.6 is 11.3 Å². The van der Waals surface area contributed by atoms with Gasteiger partial charge < -0.3 is 10.6 Å². The van der Waals surface area contributed by atoms with Crippen molar-refractivity contribution < 1.29 is 9.18 Å². The van der Waals surface area contributed by atoms with Gasteiger partial charge in [-0.1, -0.05) is 12.1 Å². The van der Waals surface area contributed by atoms with Crippen LogP contribution in [-0.2, 0) is 0 Å². The molecule has 3 rings (SSSR count). The average Bonchev–Trinajstić information content (AvgIpc) is 2.94. The minimum Gasteiger partial charge on any atom is -0.348 e. The largest absolute Gasteiger partial charge is 0.348 e. The zero-order valence-electron chi connectivity index (χ0n) is 15.2. The van der Waals surface area contributed by atoms with E-state index in [-0.39, 0.29) is 28.8 Å². The predicted octanol–water partition coefficient (Wildman–Crippen LogP) is 4.59. The van der Waals surface area contributed by atoms with Gasteiger partial charge in [0.25, 0.3) is 5.91 Å². The molecule has 1 aromatic heterocycles. The number of piperidine rings is 1. The molecule has 1 fully saturated rings. The second-order valence-corrected chi connectivity index (χ2v) is 9.23. The van der Waals surface area contributed by atoms with Gasteiger partial charge in [0, 0.05) is 22.0 Å². The van der Waals surface area contributed by atoms with Crippen LogP contribution in [0.15, 0.2) is 36.4 Å². The Balaban J connectivity index is 1.71. The fraction of sp³-hybridized carbons (Fsp3) is 0.450. The molecule has 5 heteroatoms. The molecule has 2 N–H and O–H groups in total. The van der Waals surface area contributed by atoms with Crippen molar-refractivity contribution in [3.8, 4) is 10.4 Å². The van der Waals surface area contributed by atoms with Crippen LogP contribution in [0, 0.1) is 5.82 Å². The molecule has 1 saturated heterocycles. The van der Waals surface area contributed by atoms with Gasteiger partial charge in [-0.15, -0.1) is 11.3 Å². The summed E-state index contributed by atoms with van der Waals surface area (Å²) in [6.45, 7) is 8.69. The summed E-state index contributed by atoms with van der Waals surface area (Å²) >= 11 is 1.44. The van der Waals surface area contributed by atoms with E-state index in [4.69, 9.17) is 0 Å². The molecule has 0 unspecified atom stereocenters. The molecule has 25 heavy (non-hydrogen) atoms. The number of rotatable bonds is 3. The van der Waals surface area contributed by atoms with Crippen LogP contribution in [0.5, 0.6) is 0 Å². The van der Waals surface area contributed by atoms with Crippen molar-refractivity contribution in [1.29, 1.82) is 0 Å². The molecule has 1 aliphatic rings. The molecule has 1 aliphatic heterocycles. The zero-order chi connectivity index (χ0) is 18.2. The highest BCUT2D eigenvalue weighted by molar-refractivity contribution is 7.17. The SMILES string of the molecule is CC1(C)CC(NC(=O)c2ccc(-c3ccc(F)cc3)s2)CC(C)(C)N1. The number of nitrogens with one attached hydrogen (secondary N) is 2. The maximum Gasteiger partial charge on any atom is 0.261 e. The molecular formula is C20H25FN2OS. The highest BCUT2D eigenvalue weighted by Gasteiger charge is 2.38. The third kappa shape index (κ3) is 4.47. The Morgan fingerprint density at radius 3 is 2.28 bits per heavy atom. The summed E-state index contributed by atoms with van der Waals surface area (Å²) in [5, 5.41) is 6.82. The summed E-state index contributed by atoms with van der Waals surface area (Å²) in [7, 11) is 0. The Morgan fingerprint density at radius 2 is 1.68 bits per heavy atom. The molecule has 0 aliphatic carbocycles. The second-order valence-electron chi connectivity index (χ2n) is 8.14. The van der Waals surface area contributed by atoms with Crippen molar-refractivity contribution in [1.82, 2.24) is 10.6 Å². The summed E-state index contributed by atoms with van der Waals surface area (Å²) in [5.41, 5.74) is 0.914. The van der Waals surface area contributed by atoms with E-state index in [1.54, 1.807) is 12.1 Å². The van der Waals surface area contributed by atoms with Gasteiger partial charge in [0.1, 0.15) is 5.82 Å². The van der Waals surface area contributed by atoms with E-state index < -0.39 is 0 Å². The van der Waals surface area contributed by atoms with Crippen LogP contribution in [0.4, 0.5) is 4.39 Å². The predicted molar refractivity (Wildman–Crippen MR) is 101 cm³/mol. The van der Waals surface area contributed by atoms with Crippen LogP contribution < -0.4 is 10.6 Å². The van der Waals surface area contributed by atoms with Gasteiger partial charge in [0.15, 0.2) is 0 Å². The number of amides is 1. The smallest absolute Gasteiger partial charge is 0.261 e. The lowest BCUT2D eigenvalue weighted by atomic mass is 9.79. The van der Waals surface area contributed by atoms with E-state index in [0.29, 0.717) is 4.88 Å². The number of thiophene rings is 1. The molecule has 0 saturated carbocycles. The topological polar surface area (TPSA) is 41.1 Å². The third-order valence-electron chi connectivity index (χ3n) is 4.48. The first-order valence-corrected chi connectivity index (χ1v) is 9.41. The summed E-state index contributed by atoms with van der Waals surface area (Å²) in [6, 6.07) is 10.3. The van der Waals surface area contributed by atoms with E-state index in [0.717, 1.165) is 23.3 Å². The Kier molecular flexibility index (Phi) is 4.73. The van der Waals surface area contributed by atoms with Crippen molar-refractivity contribution in [2.24, 2.45) is 0 Å². The molecule has 3 nitrogen and oxygen atoms in total. The number of benzene rings is 1. The van der Waals surface area contributed by atoms with Gasteiger partial charge in [-0.2, -0.15) is 0 Å².